The van der Waals surface area contributed by atoms with Gasteiger partial charge in [-0.2, -0.15) is 0 Å². The molecule has 6 aromatic carbocycles. The highest BCUT2D eigenvalue weighted by atomic mass is 15.0. The number of rotatable bonds is 3. The Hall–Kier alpha value is -5.08. The molecule has 0 spiro atoms. The quantitative estimate of drug-likeness (QED) is 0.236. The van der Waals surface area contributed by atoms with Crippen LogP contribution in [0.15, 0.2) is 146 Å². The number of benzene rings is 6. The number of hydrogen-bond donors (Lipinski definition) is 0. The number of nitrogens with zero attached hydrogens (tertiary/aromatic N) is 2. The van der Waals surface area contributed by atoms with Gasteiger partial charge < -0.3 is 9.13 Å². The van der Waals surface area contributed by atoms with Crippen molar-refractivity contribution >= 4 is 43.5 Å². The maximum Gasteiger partial charge on any atom is 0.0626 e. The van der Waals surface area contributed by atoms with Crippen LogP contribution < -0.4 is 0 Å². The zero-order valence-electron chi connectivity index (χ0n) is 20.8. The second kappa shape index (κ2) is 8.22. The van der Waals surface area contributed by atoms with E-state index in [1.54, 1.807) is 0 Å². The Kier molecular flexibility index (Phi) is 4.55. The zero-order valence-corrected chi connectivity index (χ0v) is 20.8. The maximum atomic E-state index is 2.46. The first kappa shape index (κ1) is 21.0. The predicted octanol–water partition coefficient (Wildman–Crippen LogP) is 9.55. The summed E-state index contributed by atoms with van der Waals surface area (Å²) in [6.45, 7) is 0. The van der Waals surface area contributed by atoms with Crippen molar-refractivity contribution in [2.45, 2.75) is 0 Å². The molecule has 0 bridgehead atoms. The third-order valence-electron chi connectivity index (χ3n) is 7.73. The van der Waals surface area contributed by atoms with Crippen LogP contribution in [-0.2, 0) is 0 Å². The fourth-order valence-corrected chi connectivity index (χ4v) is 6.03. The first-order valence-corrected chi connectivity index (χ1v) is 13.0. The molecule has 2 heteroatoms. The summed E-state index contributed by atoms with van der Waals surface area (Å²) in [5.41, 5.74) is 8.47. The van der Waals surface area contributed by atoms with E-state index in [4.69, 9.17) is 0 Å². The van der Waals surface area contributed by atoms with E-state index in [1.807, 2.05) is 0 Å². The van der Waals surface area contributed by atoms with Crippen LogP contribution in [0.5, 0.6) is 0 Å². The lowest BCUT2D eigenvalue weighted by Crippen LogP contribution is -1.95. The summed E-state index contributed by atoms with van der Waals surface area (Å²) in [7, 11) is 0. The molecule has 0 saturated heterocycles. The molecule has 0 N–H and O–H groups in total. The summed E-state index contributed by atoms with van der Waals surface area (Å²) >= 11 is 0. The maximum absolute atomic E-state index is 2.46. The molecule has 2 aromatic heterocycles. The van der Waals surface area contributed by atoms with Crippen LogP contribution in [0.3, 0.4) is 0 Å². The highest BCUT2D eigenvalue weighted by molar-refractivity contribution is 6.25. The van der Waals surface area contributed by atoms with Crippen molar-refractivity contribution in [1.82, 2.24) is 9.13 Å². The summed E-state index contributed by atoms with van der Waals surface area (Å²) in [6.07, 6.45) is 2.20. The predicted molar refractivity (Wildman–Crippen MR) is 161 cm³/mol. The molecule has 0 radical (unpaired) electrons. The van der Waals surface area contributed by atoms with E-state index in [2.05, 4.69) is 155 Å². The molecule has 38 heavy (non-hydrogen) atoms. The van der Waals surface area contributed by atoms with E-state index in [0.29, 0.717) is 0 Å². The zero-order chi connectivity index (χ0) is 25.1. The number of fused-ring (bicyclic) bond motifs is 7. The lowest BCUT2D eigenvalue weighted by atomic mass is 10.0. The van der Waals surface area contributed by atoms with Gasteiger partial charge in [-0.25, -0.2) is 0 Å². The second-order valence-corrected chi connectivity index (χ2v) is 9.85. The largest absolute Gasteiger partial charge is 0.317 e. The third-order valence-corrected chi connectivity index (χ3v) is 7.73. The van der Waals surface area contributed by atoms with Crippen molar-refractivity contribution in [3.8, 4) is 22.5 Å². The van der Waals surface area contributed by atoms with Crippen molar-refractivity contribution in [2.75, 3.05) is 0 Å². The first-order valence-electron chi connectivity index (χ1n) is 13.0. The Balaban J connectivity index is 1.50. The van der Waals surface area contributed by atoms with Crippen LogP contribution in [-0.4, -0.2) is 9.13 Å². The molecule has 0 amide bonds. The van der Waals surface area contributed by atoms with Gasteiger partial charge in [-0.15, -0.1) is 0 Å². The second-order valence-electron chi connectivity index (χ2n) is 9.85. The normalized spacial score (nSPS) is 11.7. The molecule has 0 unspecified atom stereocenters. The van der Waals surface area contributed by atoms with E-state index in [-0.39, 0.29) is 0 Å². The monoisotopic (exact) mass is 484 g/mol. The van der Waals surface area contributed by atoms with E-state index in [0.717, 1.165) is 0 Å². The Morgan fingerprint density at radius 3 is 2.00 bits per heavy atom. The van der Waals surface area contributed by atoms with Gasteiger partial charge in [0.2, 0.25) is 0 Å². The highest BCUT2D eigenvalue weighted by Crippen LogP contribution is 2.40. The third kappa shape index (κ3) is 3.07. The van der Waals surface area contributed by atoms with E-state index in [9.17, 15) is 0 Å². The van der Waals surface area contributed by atoms with Gasteiger partial charge in [0.25, 0.3) is 0 Å². The fourth-order valence-electron chi connectivity index (χ4n) is 6.03. The smallest absolute Gasteiger partial charge is 0.0626 e. The molecule has 0 aliphatic carbocycles. The van der Waals surface area contributed by atoms with E-state index < -0.39 is 0 Å². The van der Waals surface area contributed by atoms with Gasteiger partial charge in [-0.05, 0) is 59.0 Å². The van der Waals surface area contributed by atoms with Crippen LogP contribution in [0.25, 0.3) is 66.0 Å². The summed E-state index contributed by atoms with van der Waals surface area (Å²) in [4.78, 5) is 0. The molecule has 0 aliphatic rings. The van der Waals surface area contributed by atoms with Crippen molar-refractivity contribution in [2.24, 2.45) is 0 Å². The molecule has 2 nitrogen and oxygen atoms in total. The standard InChI is InChI=1S/C36H24N2/c1-3-10-25(11-4-1)27-12-9-15-29(24-27)38-34-17-8-7-16-30(34)31-20-18-26-19-21-33-32(35(26)36(31)38)22-23-37(33)28-13-5-2-6-14-28/h1-24H. The van der Waals surface area contributed by atoms with Crippen molar-refractivity contribution in [3.05, 3.63) is 146 Å². The molecular formula is C36H24N2. The van der Waals surface area contributed by atoms with Gasteiger partial charge >= 0.3 is 0 Å². The summed E-state index contributed by atoms with van der Waals surface area (Å²) in [6, 6.07) is 50.2. The van der Waals surface area contributed by atoms with Crippen molar-refractivity contribution in [1.29, 1.82) is 0 Å². The Morgan fingerprint density at radius 1 is 0.421 bits per heavy atom. The first-order chi connectivity index (χ1) is 18.9. The fraction of sp³-hybridized carbons (Fsp3) is 0. The summed E-state index contributed by atoms with van der Waals surface area (Å²) in [5, 5.41) is 6.35. The molecular weight excluding hydrogens is 460 g/mol. The molecule has 0 saturated carbocycles. The van der Waals surface area contributed by atoms with E-state index >= 15 is 0 Å². The summed E-state index contributed by atoms with van der Waals surface area (Å²) < 4.78 is 4.75. The Morgan fingerprint density at radius 2 is 1.13 bits per heavy atom. The van der Waals surface area contributed by atoms with E-state index in [1.165, 1.54) is 66.0 Å². The molecule has 8 rings (SSSR count). The molecule has 0 aliphatic heterocycles. The van der Waals surface area contributed by atoms with Crippen molar-refractivity contribution < 1.29 is 0 Å². The van der Waals surface area contributed by atoms with Gasteiger partial charge in [0.1, 0.15) is 0 Å². The number of para-hydroxylation sites is 2. The Bertz CT molecular complexity index is 2110. The lowest BCUT2D eigenvalue weighted by Gasteiger charge is -2.13. The van der Waals surface area contributed by atoms with Crippen LogP contribution >= 0.6 is 0 Å². The van der Waals surface area contributed by atoms with Crippen LogP contribution in [0.4, 0.5) is 0 Å². The molecule has 0 atom stereocenters. The molecule has 178 valence electrons. The van der Waals surface area contributed by atoms with Crippen LogP contribution in [0, 0.1) is 0 Å². The van der Waals surface area contributed by atoms with Crippen molar-refractivity contribution in [3.63, 3.8) is 0 Å². The number of hydrogen-bond acceptors (Lipinski definition) is 0. The van der Waals surface area contributed by atoms with Gasteiger partial charge in [-0.1, -0.05) is 97.1 Å². The lowest BCUT2D eigenvalue weighted by molar-refractivity contribution is 1.13. The average molecular weight is 485 g/mol. The Labute approximate surface area is 220 Å². The van der Waals surface area contributed by atoms with Gasteiger partial charge in [-0.3, -0.25) is 0 Å². The minimum absolute atomic E-state index is 1.17. The van der Waals surface area contributed by atoms with Gasteiger partial charge in [0.05, 0.1) is 16.6 Å². The van der Waals surface area contributed by atoms with Gasteiger partial charge in [0.15, 0.2) is 0 Å². The van der Waals surface area contributed by atoms with Crippen LogP contribution in [0.2, 0.25) is 0 Å². The highest BCUT2D eigenvalue weighted by Gasteiger charge is 2.18. The SMILES string of the molecule is c1ccc(-c2cccc(-n3c4ccccc4c4ccc5ccc6c(ccn6-c6ccccc6)c5c43)c2)cc1. The summed E-state index contributed by atoms with van der Waals surface area (Å²) in [5.74, 6) is 0. The topological polar surface area (TPSA) is 9.86 Å². The minimum Gasteiger partial charge on any atom is -0.317 e. The van der Waals surface area contributed by atoms with Gasteiger partial charge in [0, 0.05) is 39.1 Å². The minimum atomic E-state index is 1.17. The average Bonchev–Trinajstić information content (AvgIpc) is 3.58. The van der Waals surface area contributed by atoms with Crippen LogP contribution in [0.1, 0.15) is 0 Å². The molecule has 0 fully saturated rings. The number of aromatic nitrogens is 2. The molecule has 2 heterocycles. The molecule has 8 aromatic rings.